The van der Waals surface area contributed by atoms with Crippen molar-refractivity contribution < 1.29 is 4.79 Å². The lowest BCUT2D eigenvalue weighted by atomic mass is 9.92. The van der Waals surface area contributed by atoms with Crippen LogP contribution < -0.4 is 10.9 Å². The first-order chi connectivity index (χ1) is 13.4. The first-order valence-corrected chi connectivity index (χ1v) is 9.72. The number of H-pyrrole nitrogens is 1. The van der Waals surface area contributed by atoms with E-state index in [9.17, 15) is 9.59 Å². The van der Waals surface area contributed by atoms with Crippen LogP contribution in [0.5, 0.6) is 0 Å². The van der Waals surface area contributed by atoms with Gasteiger partial charge in [0.1, 0.15) is 5.65 Å². The molecule has 1 atom stereocenters. The molecule has 8 heteroatoms. The maximum atomic E-state index is 12.6. The number of nitrogens with zero attached hydrogens (tertiary/aromatic N) is 4. The molecule has 8 nitrogen and oxygen atoms in total. The molecule has 1 amide bonds. The van der Waals surface area contributed by atoms with Gasteiger partial charge in [-0.3, -0.25) is 19.0 Å². The molecule has 3 aromatic heterocycles. The van der Waals surface area contributed by atoms with E-state index in [1.165, 1.54) is 5.69 Å². The first kappa shape index (κ1) is 18.5. The Labute approximate surface area is 162 Å². The summed E-state index contributed by atoms with van der Waals surface area (Å²) in [5.41, 5.74) is 5.33. The highest BCUT2D eigenvalue weighted by molar-refractivity contribution is 5.83. The summed E-state index contributed by atoms with van der Waals surface area (Å²) in [6.45, 7) is 3.86. The molecular weight excluding hydrogens is 356 g/mol. The molecule has 0 saturated heterocycles. The van der Waals surface area contributed by atoms with Gasteiger partial charge in [-0.05, 0) is 45.1 Å². The largest absolute Gasteiger partial charge is 0.349 e. The topological polar surface area (TPSA) is 97.6 Å². The van der Waals surface area contributed by atoms with Crippen LogP contribution in [0.3, 0.4) is 0 Å². The van der Waals surface area contributed by atoms with Crippen LogP contribution in [0.1, 0.15) is 53.4 Å². The van der Waals surface area contributed by atoms with E-state index < -0.39 is 0 Å². The second kappa shape index (κ2) is 6.92. The molecule has 3 heterocycles. The molecule has 148 valence electrons. The fourth-order valence-electron chi connectivity index (χ4n) is 4.42. The number of hydrogen-bond donors (Lipinski definition) is 2. The molecule has 3 aromatic rings. The molecule has 0 saturated carbocycles. The van der Waals surface area contributed by atoms with Gasteiger partial charge in [0.05, 0.1) is 17.9 Å². The van der Waals surface area contributed by atoms with Crippen molar-refractivity contribution in [2.75, 3.05) is 0 Å². The summed E-state index contributed by atoms with van der Waals surface area (Å²) in [6.07, 6.45) is 5.49. The molecule has 0 spiro atoms. The van der Waals surface area contributed by atoms with Crippen molar-refractivity contribution in [1.29, 1.82) is 0 Å². The zero-order valence-electron chi connectivity index (χ0n) is 16.8. The Bertz CT molecular complexity index is 1120. The Balaban J connectivity index is 1.50. The lowest BCUT2D eigenvalue weighted by molar-refractivity contribution is -0.121. The van der Waals surface area contributed by atoms with Gasteiger partial charge in [-0.1, -0.05) is 0 Å². The number of aromatic amines is 1. The molecule has 0 radical (unpaired) electrons. The summed E-state index contributed by atoms with van der Waals surface area (Å²) in [5.74, 6) is -0.0384. The fourth-order valence-corrected chi connectivity index (χ4v) is 4.42. The van der Waals surface area contributed by atoms with Gasteiger partial charge in [0.15, 0.2) is 0 Å². The number of aromatic nitrogens is 5. The van der Waals surface area contributed by atoms with E-state index in [1.807, 2.05) is 38.8 Å². The third kappa shape index (κ3) is 3.02. The van der Waals surface area contributed by atoms with Crippen LogP contribution in [0.25, 0.3) is 11.0 Å². The second-order valence-corrected chi connectivity index (χ2v) is 7.67. The maximum absolute atomic E-state index is 12.6. The first-order valence-electron chi connectivity index (χ1n) is 9.72. The summed E-state index contributed by atoms with van der Waals surface area (Å²) in [5, 5.41) is 12.8. The van der Waals surface area contributed by atoms with E-state index in [-0.39, 0.29) is 23.9 Å². The summed E-state index contributed by atoms with van der Waals surface area (Å²) < 4.78 is 3.58. The maximum Gasteiger partial charge on any atom is 0.253 e. The van der Waals surface area contributed by atoms with Crippen LogP contribution in [0.15, 0.2) is 11.0 Å². The minimum absolute atomic E-state index is 0.00683. The summed E-state index contributed by atoms with van der Waals surface area (Å²) >= 11 is 0. The highest BCUT2D eigenvalue weighted by Gasteiger charge is 2.25. The molecule has 1 aliphatic carbocycles. The van der Waals surface area contributed by atoms with Crippen LogP contribution in [0.2, 0.25) is 0 Å². The van der Waals surface area contributed by atoms with Crippen molar-refractivity contribution >= 4 is 16.9 Å². The average Bonchev–Trinajstić information content (AvgIpc) is 3.15. The summed E-state index contributed by atoms with van der Waals surface area (Å²) in [4.78, 5) is 28.0. The smallest absolute Gasteiger partial charge is 0.253 e. The number of fused-ring (bicyclic) bond motifs is 2. The normalized spacial score (nSPS) is 16.4. The minimum atomic E-state index is -0.145. The average molecular weight is 382 g/mol. The summed E-state index contributed by atoms with van der Waals surface area (Å²) in [7, 11) is 3.75. The molecule has 4 rings (SSSR count). The van der Waals surface area contributed by atoms with Crippen molar-refractivity contribution in [3.8, 4) is 0 Å². The molecule has 0 aromatic carbocycles. The second-order valence-electron chi connectivity index (χ2n) is 7.67. The number of pyridine rings is 1. The van der Waals surface area contributed by atoms with Crippen LogP contribution in [0.4, 0.5) is 0 Å². The SMILES string of the molecule is Cc1nn(C)c2[nH]c(=O)c(CCC(=O)NC3CCCc4c3cnn4C)c(C)c12. The van der Waals surface area contributed by atoms with Gasteiger partial charge in [0, 0.05) is 42.7 Å². The van der Waals surface area contributed by atoms with Crippen molar-refractivity contribution in [3.05, 3.63) is 44.6 Å². The Morgan fingerprint density at radius 2 is 2.11 bits per heavy atom. The Kier molecular flexibility index (Phi) is 4.56. The van der Waals surface area contributed by atoms with E-state index in [0.29, 0.717) is 12.0 Å². The molecule has 0 bridgehead atoms. The van der Waals surface area contributed by atoms with Crippen molar-refractivity contribution in [2.24, 2.45) is 14.1 Å². The fraction of sp³-hybridized carbons (Fsp3) is 0.500. The van der Waals surface area contributed by atoms with Gasteiger partial charge in [0.2, 0.25) is 5.91 Å². The van der Waals surface area contributed by atoms with Crippen LogP contribution in [-0.2, 0) is 31.7 Å². The van der Waals surface area contributed by atoms with E-state index in [2.05, 4.69) is 20.5 Å². The minimum Gasteiger partial charge on any atom is -0.349 e. The van der Waals surface area contributed by atoms with Gasteiger partial charge in [0.25, 0.3) is 5.56 Å². The van der Waals surface area contributed by atoms with Crippen molar-refractivity contribution in [2.45, 2.75) is 52.0 Å². The lowest BCUT2D eigenvalue weighted by Gasteiger charge is -2.23. The number of rotatable bonds is 4. The van der Waals surface area contributed by atoms with E-state index in [1.54, 1.807) is 4.68 Å². The number of carbonyl (C=O) groups is 1. The van der Waals surface area contributed by atoms with E-state index >= 15 is 0 Å². The van der Waals surface area contributed by atoms with Crippen molar-refractivity contribution in [1.82, 2.24) is 29.9 Å². The lowest BCUT2D eigenvalue weighted by Crippen LogP contribution is -2.31. The zero-order valence-corrected chi connectivity index (χ0v) is 16.8. The Hall–Kier alpha value is -2.90. The van der Waals surface area contributed by atoms with Gasteiger partial charge >= 0.3 is 0 Å². The monoisotopic (exact) mass is 382 g/mol. The molecule has 1 aliphatic rings. The van der Waals surface area contributed by atoms with Crippen LogP contribution in [0, 0.1) is 13.8 Å². The van der Waals surface area contributed by atoms with Crippen LogP contribution >= 0.6 is 0 Å². The Morgan fingerprint density at radius 1 is 1.32 bits per heavy atom. The number of nitrogens with one attached hydrogen (secondary N) is 2. The predicted octanol–water partition coefficient (Wildman–Crippen LogP) is 1.74. The zero-order chi connectivity index (χ0) is 20.0. The van der Waals surface area contributed by atoms with Gasteiger partial charge in [-0.25, -0.2) is 0 Å². The third-order valence-corrected chi connectivity index (χ3v) is 5.87. The van der Waals surface area contributed by atoms with Gasteiger partial charge in [-0.2, -0.15) is 10.2 Å². The van der Waals surface area contributed by atoms with E-state index in [4.69, 9.17) is 0 Å². The molecule has 0 aliphatic heterocycles. The van der Waals surface area contributed by atoms with Crippen molar-refractivity contribution in [3.63, 3.8) is 0 Å². The number of aryl methyl sites for hydroxylation is 4. The highest BCUT2D eigenvalue weighted by Crippen LogP contribution is 2.29. The number of hydrogen-bond acceptors (Lipinski definition) is 4. The molecule has 0 fully saturated rings. The molecule has 28 heavy (non-hydrogen) atoms. The van der Waals surface area contributed by atoms with Gasteiger partial charge < -0.3 is 10.3 Å². The van der Waals surface area contributed by atoms with E-state index in [0.717, 1.165) is 47.1 Å². The summed E-state index contributed by atoms with van der Waals surface area (Å²) in [6, 6.07) is 0.00683. The molecule has 1 unspecified atom stereocenters. The van der Waals surface area contributed by atoms with Gasteiger partial charge in [-0.15, -0.1) is 0 Å². The highest BCUT2D eigenvalue weighted by atomic mass is 16.1. The standard InChI is InChI=1S/C20H26N6O2/c1-11-13(20(28)23-19-18(11)12(2)24-26(19)4)8-9-17(27)22-15-6-5-7-16-14(15)10-21-25(16)3/h10,15H,5-9H2,1-4H3,(H,22,27)(H,23,28). The van der Waals surface area contributed by atoms with Crippen LogP contribution in [-0.4, -0.2) is 30.5 Å². The number of carbonyl (C=O) groups excluding carboxylic acids is 1. The Morgan fingerprint density at radius 3 is 2.89 bits per heavy atom. The quantitative estimate of drug-likeness (QED) is 0.718. The predicted molar refractivity (Wildman–Crippen MR) is 106 cm³/mol. The molecule has 2 N–H and O–H groups in total. The molecular formula is C20H26N6O2. The third-order valence-electron chi connectivity index (χ3n) is 5.87. The number of amides is 1.